The number of hydrogen-bond donors (Lipinski definition) is 1. The van der Waals surface area contributed by atoms with Gasteiger partial charge in [0.05, 0.1) is 6.10 Å². The van der Waals surface area contributed by atoms with E-state index in [1.165, 1.54) is 77.7 Å². The summed E-state index contributed by atoms with van der Waals surface area (Å²) in [6, 6.07) is 0. The molecule has 1 N–H and O–H groups in total. The summed E-state index contributed by atoms with van der Waals surface area (Å²) in [5.41, 5.74) is 0. The lowest BCUT2D eigenvalue weighted by molar-refractivity contribution is -0.157. The molecule has 2 atom stereocenters. The summed E-state index contributed by atoms with van der Waals surface area (Å²) in [5, 5.41) is 9.07. The highest BCUT2D eigenvalue weighted by atomic mass is 16.5. The molecule has 0 rings (SSSR count). The van der Waals surface area contributed by atoms with Gasteiger partial charge in [0.25, 0.3) is 0 Å². The minimum Gasteiger partial charge on any atom is -0.479 e. The van der Waals surface area contributed by atoms with Crippen LogP contribution in [0.3, 0.4) is 0 Å². The largest absolute Gasteiger partial charge is 0.479 e. The van der Waals surface area contributed by atoms with E-state index in [0.717, 1.165) is 19.3 Å². The van der Waals surface area contributed by atoms with Crippen LogP contribution in [0.5, 0.6) is 0 Å². The van der Waals surface area contributed by atoms with Crippen LogP contribution in [0.25, 0.3) is 0 Å². The summed E-state index contributed by atoms with van der Waals surface area (Å²) in [6.45, 7) is 2.26. The van der Waals surface area contributed by atoms with Crippen LogP contribution in [0.2, 0.25) is 0 Å². The highest BCUT2D eigenvalue weighted by Crippen LogP contribution is 2.15. The van der Waals surface area contributed by atoms with Gasteiger partial charge in [-0.25, -0.2) is 4.79 Å². The maximum atomic E-state index is 11.1. The van der Waals surface area contributed by atoms with Crippen LogP contribution in [0.1, 0.15) is 96.8 Å². The molecular formula is C20H40O4. The lowest BCUT2D eigenvalue weighted by Crippen LogP contribution is -2.37. The maximum Gasteiger partial charge on any atom is 0.335 e. The maximum absolute atomic E-state index is 11.1. The van der Waals surface area contributed by atoms with Crippen LogP contribution in [0, 0.1) is 0 Å². The number of ether oxygens (including phenoxy) is 2. The number of unbranched alkanes of at least 4 members (excludes halogenated alkanes) is 12. The standard InChI is InChI=1S/C20H40O4/c1-4-5-6-7-8-9-10-11-12-13-14-15-16-17-18(23-2)19(24-3)20(21)22/h18-19H,4-17H2,1-3H3,(H,21,22). The average Bonchev–Trinajstić information content (AvgIpc) is 2.57. The Morgan fingerprint density at radius 2 is 1.17 bits per heavy atom. The van der Waals surface area contributed by atoms with E-state index in [2.05, 4.69) is 6.92 Å². The molecule has 0 fully saturated rings. The lowest BCUT2D eigenvalue weighted by atomic mass is 10.0. The lowest BCUT2D eigenvalue weighted by Gasteiger charge is -2.21. The second-order valence-corrected chi connectivity index (χ2v) is 6.80. The predicted molar refractivity (Wildman–Crippen MR) is 99.5 cm³/mol. The van der Waals surface area contributed by atoms with E-state index in [1.54, 1.807) is 7.11 Å². The van der Waals surface area contributed by atoms with Gasteiger partial charge in [-0.05, 0) is 6.42 Å². The first kappa shape index (κ1) is 23.4. The van der Waals surface area contributed by atoms with Gasteiger partial charge in [0.15, 0.2) is 6.10 Å². The van der Waals surface area contributed by atoms with E-state index in [0.29, 0.717) is 0 Å². The fourth-order valence-electron chi connectivity index (χ4n) is 3.17. The van der Waals surface area contributed by atoms with Crippen molar-refractivity contribution in [1.29, 1.82) is 0 Å². The van der Waals surface area contributed by atoms with Crippen molar-refractivity contribution in [2.24, 2.45) is 0 Å². The quantitative estimate of drug-likeness (QED) is 0.330. The van der Waals surface area contributed by atoms with Crippen LogP contribution < -0.4 is 0 Å². The van der Waals surface area contributed by atoms with Gasteiger partial charge in [0.2, 0.25) is 0 Å². The molecule has 4 nitrogen and oxygen atoms in total. The zero-order valence-electron chi connectivity index (χ0n) is 16.2. The van der Waals surface area contributed by atoms with Gasteiger partial charge in [-0.2, -0.15) is 0 Å². The molecular weight excluding hydrogens is 304 g/mol. The second-order valence-electron chi connectivity index (χ2n) is 6.80. The van der Waals surface area contributed by atoms with Crippen molar-refractivity contribution in [3.05, 3.63) is 0 Å². The van der Waals surface area contributed by atoms with E-state index in [1.807, 2.05) is 0 Å². The second kappa shape index (κ2) is 17.2. The molecule has 0 bridgehead atoms. The summed E-state index contributed by atoms with van der Waals surface area (Å²) in [7, 11) is 2.98. The zero-order chi connectivity index (χ0) is 18.0. The van der Waals surface area contributed by atoms with E-state index >= 15 is 0 Å². The van der Waals surface area contributed by atoms with Crippen molar-refractivity contribution in [1.82, 2.24) is 0 Å². The number of methoxy groups -OCH3 is 2. The first-order chi connectivity index (χ1) is 11.7. The first-order valence-corrected chi connectivity index (χ1v) is 9.95. The van der Waals surface area contributed by atoms with Crippen molar-refractivity contribution in [3.63, 3.8) is 0 Å². The first-order valence-electron chi connectivity index (χ1n) is 9.95. The molecule has 0 aliphatic heterocycles. The van der Waals surface area contributed by atoms with Gasteiger partial charge in [0.1, 0.15) is 0 Å². The molecule has 0 saturated carbocycles. The summed E-state index contributed by atoms with van der Waals surface area (Å²) >= 11 is 0. The monoisotopic (exact) mass is 344 g/mol. The molecule has 0 aromatic rings. The molecule has 2 unspecified atom stereocenters. The van der Waals surface area contributed by atoms with Gasteiger partial charge in [0, 0.05) is 14.2 Å². The molecule has 0 radical (unpaired) electrons. The van der Waals surface area contributed by atoms with Gasteiger partial charge in [-0.3, -0.25) is 0 Å². The Morgan fingerprint density at radius 3 is 1.50 bits per heavy atom. The van der Waals surface area contributed by atoms with E-state index in [9.17, 15) is 4.79 Å². The summed E-state index contributed by atoms with van der Waals surface area (Å²) in [5.74, 6) is -0.945. The normalized spacial score (nSPS) is 13.8. The smallest absolute Gasteiger partial charge is 0.335 e. The van der Waals surface area contributed by atoms with Crippen LogP contribution >= 0.6 is 0 Å². The van der Waals surface area contributed by atoms with Gasteiger partial charge in [-0.1, -0.05) is 90.4 Å². The number of rotatable bonds is 18. The number of carboxylic acids is 1. The van der Waals surface area contributed by atoms with Gasteiger partial charge >= 0.3 is 5.97 Å². The molecule has 0 aliphatic carbocycles. The Labute approximate surface area is 149 Å². The van der Waals surface area contributed by atoms with Crippen LogP contribution in [0.15, 0.2) is 0 Å². The number of carbonyl (C=O) groups is 1. The van der Waals surface area contributed by atoms with Crippen LogP contribution in [-0.2, 0) is 14.3 Å². The van der Waals surface area contributed by atoms with Crippen molar-refractivity contribution in [2.45, 2.75) is 109 Å². The molecule has 0 saturated heterocycles. The van der Waals surface area contributed by atoms with Crippen LogP contribution in [-0.4, -0.2) is 37.5 Å². The molecule has 24 heavy (non-hydrogen) atoms. The molecule has 0 heterocycles. The Bertz CT molecular complexity index is 281. The zero-order valence-corrected chi connectivity index (χ0v) is 16.2. The molecule has 0 amide bonds. The van der Waals surface area contributed by atoms with Crippen molar-refractivity contribution < 1.29 is 19.4 Å². The fourth-order valence-corrected chi connectivity index (χ4v) is 3.17. The van der Waals surface area contributed by atoms with Crippen molar-refractivity contribution in [3.8, 4) is 0 Å². The van der Waals surface area contributed by atoms with Crippen molar-refractivity contribution >= 4 is 5.97 Å². The third-order valence-corrected chi connectivity index (χ3v) is 4.73. The number of aliphatic carboxylic acids is 1. The average molecular weight is 345 g/mol. The third-order valence-electron chi connectivity index (χ3n) is 4.73. The summed E-state index contributed by atoms with van der Waals surface area (Å²) in [4.78, 5) is 11.1. The highest BCUT2D eigenvalue weighted by molar-refractivity contribution is 5.73. The number of carboxylic acid groups (broad SMARTS) is 1. The molecule has 0 spiro atoms. The Hall–Kier alpha value is -0.610. The topological polar surface area (TPSA) is 55.8 Å². The molecule has 0 aromatic heterocycles. The van der Waals surface area contributed by atoms with Crippen molar-refractivity contribution in [2.75, 3.05) is 14.2 Å². The predicted octanol–water partition coefficient (Wildman–Crippen LogP) is 5.58. The molecule has 144 valence electrons. The van der Waals surface area contributed by atoms with Crippen LogP contribution in [0.4, 0.5) is 0 Å². The fraction of sp³-hybridized carbons (Fsp3) is 0.950. The number of hydrogen-bond acceptors (Lipinski definition) is 3. The highest BCUT2D eigenvalue weighted by Gasteiger charge is 2.27. The van der Waals surface area contributed by atoms with E-state index in [4.69, 9.17) is 14.6 Å². The summed E-state index contributed by atoms with van der Waals surface area (Å²) < 4.78 is 10.3. The molecule has 0 aliphatic rings. The Kier molecular flexibility index (Phi) is 16.8. The third kappa shape index (κ3) is 12.8. The Morgan fingerprint density at radius 1 is 0.750 bits per heavy atom. The minimum atomic E-state index is -0.945. The molecule has 0 aromatic carbocycles. The molecule has 4 heteroatoms. The van der Waals surface area contributed by atoms with E-state index in [-0.39, 0.29) is 6.10 Å². The van der Waals surface area contributed by atoms with Gasteiger partial charge in [-0.15, -0.1) is 0 Å². The summed E-state index contributed by atoms with van der Waals surface area (Å²) in [6.07, 6.45) is 16.6. The minimum absolute atomic E-state index is 0.347. The van der Waals surface area contributed by atoms with Gasteiger partial charge < -0.3 is 14.6 Å². The SMILES string of the molecule is CCCCCCCCCCCCCCCC(OC)C(OC)C(=O)O. The Balaban J connectivity index is 3.42. The van der Waals surface area contributed by atoms with E-state index < -0.39 is 12.1 Å².